The molecule has 0 aliphatic heterocycles. The lowest BCUT2D eigenvalue weighted by molar-refractivity contribution is 0.644. The van der Waals surface area contributed by atoms with Crippen LogP contribution < -0.4 is 5.32 Å². The lowest BCUT2D eigenvalue weighted by Gasteiger charge is -2.19. The van der Waals surface area contributed by atoms with E-state index in [1.807, 2.05) is 0 Å². The molecular formula is C15H17NS. The maximum absolute atomic E-state index is 3.67. The molecule has 1 heterocycles. The number of benzene rings is 1. The highest BCUT2D eigenvalue weighted by Crippen LogP contribution is 2.31. The van der Waals surface area contributed by atoms with Crippen molar-refractivity contribution in [1.29, 1.82) is 0 Å². The van der Waals surface area contributed by atoms with Gasteiger partial charge in [0.1, 0.15) is 0 Å². The van der Waals surface area contributed by atoms with E-state index in [4.69, 9.17) is 0 Å². The van der Waals surface area contributed by atoms with E-state index in [-0.39, 0.29) is 0 Å². The summed E-state index contributed by atoms with van der Waals surface area (Å²) in [7, 11) is 0. The highest BCUT2D eigenvalue weighted by atomic mass is 32.1. The minimum Gasteiger partial charge on any atom is -0.378 e. The Morgan fingerprint density at radius 2 is 2.06 bits per heavy atom. The summed E-state index contributed by atoms with van der Waals surface area (Å²) in [6.07, 6.45) is 5.11. The number of rotatable bonds is 2. The van der Waals surface area contributed by atoms with E-state index in [9.17, 15) is 0 Å². The molecule has 0 bridgehead atoms. The van der Waals surface area contributed by atoms with Gasteiger partial charge in [0, 0.05) is 11.1 Å². The lowest BCUT2D eigenvalue weighted by atomic mass is 9.99. The number of aryl methyl sites for hydroxylation is 1. The maximum Gasteiger partial charge on any atom is 0.0516 e. The molecule has 0 fully saturated rings. The van der Waals surface area contributed by atoms with Gasteiger partial charge in [0.05, 0.1) is 6.04 Å². The first-order valence-corrected chi connectivity index (χ1v) is 7.24. The summed E-state index contributed by atoms with van der Waals surface area (Å²) in [5, 5.41) is 7.99. The first kappa shape index (κ1) is 10.8. The number of nitrogens with one attached hydrogen (secondary N) is 1. The first-order valence-electron chi connectivity index (χ1n) is 6.30. The van der Waals surface area contributed by atoms with Crippen LogP contribution in [0.2, 0.25) is 0 Å². The summed E-state index contributed by atoms with van der Waals surface area (Å²) in [6.45, 7) is 0. The zero-order chi connectivity index (χ0) is 11.5. The van der Waals surface area contributed by atoms with Crippen molar-refractivity contribution in [3.63, 3.8) is 0 Å². The Labute approximate surface area is 106 Å². The van der Waals surface area contributed by atoms with Crippen LogP contribution in [0.15, 0.2) is 41.1 Å². The van der Waals surface area contributed by atoms with E-state index >= 15 is 0 Å². The van der Waals surface area contributed by atoms with Gasteiger partial charge in [-0.15, -0.1) is 0 Å². The van der Waals surface area contributed by atoms with E-state index in [2.05, 4.69) is 46.4 Å². The minimum absolute atomic E-state index is 0.489. The molecule has 1 N–H and O–H groups in total. The third-order valence-electron chi connectivity index (χ3n) is 3.48. The van der Waals surface area contributed by atoms with E-state index in [1.165, 1.54) is 42.5 Å². The summed E-state index contributed by atoms with van der Waals surface area (Å²) in [6, 6.07) is 11.5. The average molecular weight is 243 g/mol. The molecule has 17 heavy (non-hydrogen) atoms. The van der Waals surface area contributed by atoms with E-state index in [0.717, 1.165) is 0 Å². The van der Waals surface area contributed by atoms with Gasteiger partial charge in [0.25, 0.3) is 0 Å². The number of hydrogen-bond acceptors (Lipinski definition) is 2. The van der Waals surface area contributed by atoms with Gasteiger partial charge in [-0.25, -0.2) is 0 Å². The normalized spacial score (nSPS) is 19.4. The molecule has 88 valence electrons. The minimum atomic E-state index is 0.489. The number of fused-ring (bicyclic) bond motifs is 1. The van der Waals surface area contributed by atoms with Crippen LogP contribution in [0.5, 0.6) is 0 Å². The van der Waals surface area contributed by atoms with Gasteiger partial charge in [-0.2, -0.15) is 11.3 Å². The highest BCUT2D eigenvalue weighted by Gasteiger charge is 2.17. The van der Waals surface area contributed by atoms with Crippen LogP contribution in [0.25, 0.3) is 0 Å². The topological polar surface area (TPSA) is 12.0 Å². The van der Waals surface area contributed by atoms with Gasteiger partial charge in [0.15, 0.2) is 0 Å². The fraction of sp³-hybridized carbons (Fsp3) is 0.333. The SMILES string of the molecule is c1ccc2c(c1)CCCCC2Nc1ccsc1. The molecule has 1 aliphatic rings. The molecule has 1 unspecified atom stereocenters. The molecule has 0 spiro atoms. The van der Waals surface area contributed by atoms with Crippen LogP contribution in [-0.2, 0) is 6.42 Å². The Balaban J connectivity index is 1.89. The molecule has 2 heteroatoms. The molecule has 1 atom stereocenters. The Bertz CT molecular complexity index is 475. The molecule has 1 aromatic heterocycles. The van der Waals surface area contributed by atoms with Crippen molar-refractivity contribution in [2.45, 2.75) is 31.7 Å². The number of hydrogen-bond donors (Lipinski definition) is 1. The molecule has 2 aromatic rings. The molecular weight excluding hydrogens is 226 g/mol. The molecule has 0 saturated carbocycles. The summed E-state index contributed by atoms with van der Waals surface area (Å²) in [4.78, 5) is 0. The van der Waals surface area contributed by atoms with Gasteiger partial charge in [-0.1, -0.05) is 30.7 Å². The van der Waals surface area contributed by atoms with Crippen LogP contribution in [0.1, 0.15) is 36.4 Å². The Hall–Kier alpha value is -1.28. The monoisotopic (exact) mass is 243 g/mol. The second kappa shape index (κ2) is 4.92. The fourth-order valence-electron chi connectivity index (χ4n) is 2.62. The van der Waals surface area contributed by atoms with Crippen molar-refractivity contribution in [2.75, 3.05) is 5.32 Å². The predicted octanol–water partition coefficient (Wildman–Crippen LogP) is 4.63. The van der Waals surface area contributed by atoms with Crippen LogP contribution in [-0.4, -0.2) is 0 Å². The Kier molecular flexibility index (Phi) is 3.14. The van der Waals surface area contributed by atoms with Gasteiger partial charge in [-0.3, -0.25) is 0 Å². The van der Waals surface area contributed by atoms with E-state index in [1.54, 1.807) is 11.3 Å². The second-order valence-electron chi connectivity index (χ2n) is 4.65. The van der Waals surface area contributed by atoms with E-state index in [0.29, 0.717) is 6.04 Å². The molecule has 3 rings (SSSR count). The van der Waals surface area contributed by atoms with Crippen molar-refractivity contribution in [3.8, 4) is 0 Å². The second-order valence-corrected chi connectivity index (χ2v) is 5.43. The predicted molar refractivity (Wildman–Crippen MR) is 74.7 cm³/mol. The standard InChI is InChI=1S/C15H17NS/c1-3-7-14-12(5-1)6-2-4-8-15(14)16-13-9-10-17-11-13/h1,3,5,7,9-11,15-16H,2,4,6,8H2. The molecule has 1 aromatic carbocycles. The van der Waals surface area contributed by atoms with Crippen LogP contribution in [0, 0.1) is 0 Å². The van der Waals surface area contributed by atoms with Gasteiger partial charge in [-0.05, 0) is 41.8 Å². The Morgan fingerprint density at radius 1 is 1.12 bits per heavy atom. The van der Waals surface area contributed by atoms with Crippen LogP contribution in [0.3, 0.4) is 0 Å². The maximum atomic E-state index is 3.67. The Morgan fingerprint density at radius 3 is 2.94 bits per heavy atom. The first-order chi connectivity index (χ1) is 8.43. The number of anilines is 1. The highest BCUT2D eigenvalue weighted by molar-refractivity contribution is 7.08. The smallest absolute Gasteiger partial charge is 0.0516 e. The molecule has 1 aliphatic carbocycles. The van der Waals surface area contributed by atoms with E-state index < -0.39 is 0 Å². The summed E-state index contributed by atoms with van der Waals surface area (Å²) >= 11 is 1.75. The fourth-order valence-corrected chi connectivity index (χ4v) is 3.22. The van der Waals surface area contributed by atoms with Crippen LogP contribution in [0.4, 0.5) is 5.69 Å². The zero-order valence-corrected chi connectivity index (χ0v) is 10.7. The third kappa shape index (κ3) is 2.37. The molecule has 0 saturated heterocycles. The molecule has 0 radical (unpaired) electrons. The molecule has 1 nitrogen and oxygen atoms in total. The van der Waals surface area contributed by atoms with Gasteiger partial charge < -0.3 is 5.32 Å². The van der Waals surface area contributed by atoms with Crippen molar-refractivity contribution in [2.24, 2.45) is 0 Å². The lowest BCUT2D eigenvalue weighted by Crippen LogP contribution is -2.10. The number of thiophene rings is 1. The average Bonchev–Trinajstić information content (AvgIpc) is 2.78. The zero-order valence-electron chi connectivity index (χ0n) is 9.86. The summed E-state index contributed by atoms with van der Waals surface area (Å²) in [5.74, 6) is 0. The summed E-state index contributed by atoms with van der Waals surface area (Å²) in [5.41, 5.74) is 4.28. The largest absolute Gasteiger partial charge is 0.378 e. The van der Waals surface area contributed by atoms with Crippen molar-refractivity contribution >= 4 is 17.0 Å². The van der Waals surface area contributed by atoms with Crippen molar-refractivity contribution < 1.29 is 0 Å². The summed E-state index contributed by atoms with van der Waals surface area (Å²) < 4.78 is 0. The van der Waals surface area contributed by atoms with Crippen LogP contribution >= 0.6 is 11.3 Å². The molecule has 0 amide bonds. The third-order valence-corrected chi connectivity index (χ3v) is 4.16. The van der Waals surface area contributed by atoms with Gasteiger partial charge in [0.2, 0.25) is 0 Å². The quantitative estimate of drug-likeness (QED) is 0.758. The van der Waals surface area contributed by atoms with Crippen molar-refractivity contribution in [1.82, 2.24) is 0 Å². The van der Waals surface area contributed by atoms with Gasteiger partial charge >= 0.3 is 0 Å². The van der Waals surface area contributed by atoms with Crippen molar-refractivity contribution in [3.05, 3.63) is 52.2 Å².